The van der Waals surface area contributed by atoms with Crippen LogP contribution in [0.15, 0.2) is 40.9 Å². The minimum Gasteiger partial charge on any atom is -0.463 e. The Balaban J connectivity index is 2.08. The Labute approximate surface area is 160 Å². The highest BCUT2D eigenvalue weighted by atomic mass is 79.9. The summed E-state index contributed by atoms with van der Waals surface area (Å²) < 4.78 is 22.7. The van der Waals surface area contributed by atoms with Crippen molar-refractivity contribution < 1.29 is 28.5 Å². The molecule has 7 heteroatoms. The lowest BCUT2D eigenvalue weighted by atomic mass is 10.1. The lowest BCUT2D eigenvalue weighted by Gasteiger charge is -2.32. The van der Waals surface area contributed by atoms with E-state index in [-0.39, 0.29) is 6.61 Å². The number of carbonyl (C=O) groups excluding carboxylic acids is 2. The average Bonchev–Trinajstić information content (AvgIpc) is 2.60. The first-order valence-electron chi connectivity index (χ1n) is 7.90. The summed E-state index contributed by atoms with van der Waals surface area (Å²) in [4.78, 5) is 22.3. The van der Waals surface area contributed by atoms with E-state index in [1.165, 1.54) is 13.8 Å². The Bertz CT molecular complexity index is 706. The second kappa shape index (κ2) is 9.53. The molecule has 0 saturated heterocycles. The largest absolute Gasteiger partial charge is 0.463 e. The van der Waals surface area contributed by atoms with Gasteiger partial charge < -0.3 is 18.9 Å². The molecule has 1 unspecified atom stereocenters. The maximum atomic E-state index is 11.2. The number of ether oxygens (including phenoxy) is 4. The topological polar surface area (TPSA) is 71.1 Å². The smallest absolute Gasteiger partial charge is 0.303 e. The van der Waals surface area contributed by atoms with Crippen LogP contribution in [-0.2, 0) is 28.5 Å². The fourth-order valence-corrected chi connectivity index (χ4v) is 2.59. The fourth-order valence-electron chi connectivity index (χ4n) is 2.32. The maximum absolute atomic E-state index is 11.2. The van der Waals surface area contributed by atoms with Crippen LogP contribution in [0.4, 0.5) is 0 Å². The molecule has 0 saturated carbocycles. The molecule has 0 aromatic heterocycles. The van der Waals surface area contributed by atoms with Crippen molar-refractivity contribution in [3.8, 4) is 12.3 Å². The van der Waals surface area contributed by atoms with Crippen molar-refractivity contribution in [2.75, 3.05) is 6.61 Å². The zero-order valence-electron chi connectivity index (χ0n) is 14.4. The molecule has 26 heavy (non-hydrogen) atoms. The van der Waals surface area contributed by atoms with Crippen LogP contribution >= 0.6 is 15.9 Å². The van der Waals surface area contributed by atoms with E-state index in [1.54, 1.807) is 12.2 Å². The SMILES string of the molecule is C#CC(O[C@@H]1C=C[C@H](OC(C)=O)[C@@H](COC(C)=O)O1)c1ccc(Br)cc1. The van der Waals surface area contributed by atoms with Crippen LogP contribution in [0.5, 0.6) is 0 Å². The number of halogens is 1. The van der Waals surface area contributed by atoms with Crippen molar-refractivity contribution in [3.05, 3.63) is 46.5 Å². The summed E-state index contributed by atoms with van der Waals surface area (Å²) in [6.07, 6.45) is 6.06. The summed E-state index contributed by atoms with van der Waals surface area (Å²) in [5.74, 6) is 1.65. The third-order valence-corrected chi connectivity index (χ3v) is 4.01. The van der Waals surface area contributed by atoms with Gasteiger partial charge in [0.15, 0.2) is 6.29 Å². The van der Waals surface area contributed by atoms with Crippen molar-refractivity contribution in [2.24, 2.45) is 0 Å². The predicted molar refractivity (Wildman–Crippen MR) is 96.8 cm³/mol. The second-order valence-electron chi connectivity index (χ2n) is 5.54. The first kappa shape index (κ1) is 20.2. The Morgan fingerprint density at radius 1 is 1.23 bits per heavy atom. The molecule has 138 valence electrons. The Kier molecular flexibility index (Phi) is 7.39. The first-order chi connectivity index (χ1) is 12.4. The number of hydrogen-bond acceptors (Lipinski definition) is 6. The van der Waals surface area contributed by atoms with Gasteiger partial charge in [-0.15, -0.1) is 6.42 Å². The molecule has 0 N–H and O–H groups in total. The number of esters is 2. The summed E-state index contributed by atoms with van der Waals surface area (Å²) in [6.45, 7) is 2.51. The van der Waals surface area contributed by atoms with Gasteiger partial charge in [-0.2, -0.15) is 0 Å². The minimum absolute atomic E-state index is 0.0729. The van der Waals surface area contributed by atoms with E-state index in [0.717, 1.165) is 10.0 Å². The summed E-state index contributed by atoms with van der Waals surface area (Å²) in [6, 6.07) is 7.42. The van der Waals surface area contributed by atoms with E-state index in [0.29, 0.717) is 0 Å². The van der Waals surface area contributed by atoms with Gasteiger partial charge in [-0.25, -0.2) is 0 Å². The molecule has 6 nitrogen and oxygen atoms in total. The number of hydrogen-bond donors (Lipinski definition) is 0. The molecule has 0 fully saturated rings. The van der Waals surface area contributed by atoms with Gasteiger partial charge >= 0.3 is 11.9 Å². The highest BCUT2D eigenvalue weighted by Gasteiger charge is 2.32. The summed E-state index contributed by atoms with van der Waals surface area (Å²) in [5, 5.41) is 0. The number of rotatable bonds is 6. The molecule has 1 aliphatic rings. The second-order valence-corrected chi connectivity index (χ2v) is 6.45. The van der Waals surface area contributed by atoms with Gasteiger partial charge in [0.1, 0.15) is 24.9 Å². The van der Waals surface area contributed by atoms with E-state index >= 15 is 0 Å². The van der Waals surface area contributed by atoms with Gasteiger partial charge in [0, 0.05) is 18.3 Å². The van der Waals surface area contributed by atoms with Crippen molar-refractivity contribution in [2.45, 2.75) is 38.4 Å². The third-order valence-electron chi connectivity index (χ3n) is 3.48. The zero-order chi connectivity index (χ0) is 19.1. The molecule has 1 aliphatic heterocycles. The molecule has 0 radical (unpaired) electrons. The molecular weight excluding hydrogens is 404 g/mol. The average molecular weight is 423 g/mol. The molecule has 0 spiro atoms. The molecule has 1 aromatic rings. The third kappa shape index (κ3) is 5.99. The van der Waals surface area contributed by atoms with Crippen molar-refractivity contribution in [1.29, 1.82) is 0 Å². The van der Waals surface area contributed by atoms with Gasteiger partial charge in [0.05, 0.1) is 0 Å². The highest BCUT2D eigenvalue weighted by Crippen LogP contribution is 2.25. The molecule has 4 atom stereocenters. The first-order valence-corrected chi connectivity index (χ1v) is 8.69. The number of benzene rings is 1. The number of carbonyl (C=O) groups is 2. The van der Waals surface area contributed by atoms with E-state index in [2.05, 4.69) is 21.9 Å². The molecule has 0 aliphatic carbocycles. The van der Waals surface area contributed by atoms with Crippen LogP contribution in [0.1, 0.15) is 25.5 Å². The van der Waals surface area contributed by atoms with E-state index in [1.807, 2.05) is 24.3 Å². The lowest BCUT2D eigenvalue weighted by Crippen LogP contribution is -2.42. The van der Waals surface area contributed by atoms with Crippen LogP contribution in [0.25, 0.3) is 0 Å². The maximum Gasteiger partial charge on any atom is 0.303 e. The lowest BCUT2D eigenvalue weighted by molar-refractivity contribution is -0.204. The van der Waals surface area contributed by atoms with E-state index in [9.17, 15) is 9.59 Å². The van der Waals surface area contributed by atoms with Gasteiger partial charge in [0.2, 0.25) is 0 Å². The van der Waals surface area contributed by atoms with Crippen LogP contribution in [0.3, 0.4) is 0 Å². The van der Waals surface area contributed by atoms with Crippen molar-refractivity contribution >= 4 is 27.9 Å². The quantitative estimate of drug-likeness (QED) is 0.398. The van der Waals surface area contributed by atoms with Crippen LogP contribution in [0, 0.1) is 12.3 Å². The fraction of sp³-hybridized carbons (Fsp3) is 0.368. The standard InChI is InChI=1S/C19H19BrO6/c1-4-16(14-5-7-15(20)8-6-14)25-19-10-9-17(24-13(3)22)18(26-19)11-23-12(2)21/h1,5-10,16-19H,11H2,2-3H3/t16?,17-,18+,19-/m0/s1. The molecule has 2 rings (SSSR count). The summed E-state index contributed by atoms with van der Waals surface area (Å²) in [5.41, 5.74) is 0.798. The van der Waals surface area contributed by atoms with Gasteiger partial charge in [-0.3, -0.25) is 9.59 Å². The Morgan fingerprint density at radius 2 is 1.92 bits per heavy atom. The van der Waals surface area contributed by atoms with E-state index < -0.39 is 36.5 Å². The number of terminal acetylenes is 1. The van der Waals surface area contributed by atoms with Gasteiger partial charge in [0.25, 0.3) is 0 Å². The molecule has 1 aromatic carbocycles. The van der Waals surface area contributed by atoms with Crippen molar-refractivity contribution in [3.63, 3.8) is 0 Å². The molecular formula is C19H19BrO6. The van der Waals surface area contributed by atoms with Crippen LogP contribution < -0.4 is 0 Å². The highest BCUT2D eigenvalue weighted by molar-refractivity contribution is 9.10. The molecule has 0 amide bonds. The predicted octanol–water partition coefficient (Wildman–Crippen LogP) is 2.92. The van der Waals surface area contributed by atoms with Gasteiger partial charge in [-0.1, -0.05) is 34.0 Å². The Hall–Kier alpha value is -2.14. The zero-order valence-corrected chi connectivity index (χ0v) is 16.0. The van der Waals surface area contributed by atoms with Crippen LogP contribution in [-0.4, -0.2) is 37.0 Å². The summed E-state index contributed by atoms with van der Waals surface area (Å²) in [7, 11) is 0. The Morgan fingerprint density at radius 3 is 2.50 bits per heavy atom. The van der Waals surface area contributed by atoms with Crippen LogP contribution in [0.2, 0.25) is 0 Å². The normalized spacial score (nSPS) is 22.9. The molecule has 0 bridgehead atoms. The minimum atomic E-state index is -0.771. The molecule has 1 heterocycles. The van der Waals surface area contributed by atoms with Gasteiger partial charge in [-0.05, 0) is 29.8 Å². The monoisotopic (exact) mass is 422 g/mol. The van der Waals surface area contributed by atoms with E-state index in [4.69, 9.17) is 25.4 Å². The van der Waals surface area contributed by atoms with Crippen molar-refractivity contribution in [1.82, 2.24) is 0 Å². The summed E-state index contributed by atoms with van der Waals surface area (Å²) >= 11 is 3.37.